The molecule has 0 aliphatic heterocycles. The third-order valence-electron chi connectivity index (χ3n) is 4.21. The van der Waals surface area contributed by atoms with E-state index in [0.717, 1.165) is 6.54 Å². The van der Waals surface area contributed by atoms with Crippen LogP contribution in [0.1, 0.15) is 24.4 Å². The summed E-state index contributed by atoms with van der Waals surface area (Å²) in [6.07, 6.45) is 2.48. The molecule has 1 aliphatic carbocycles. The molecule has 0 amide bonds. The zero-order valence-corrected chi connectivity index (χ0v) is 10.8. The number of fused-ring (bicyclic) bond motifs is 1. The lowest BCUT2D eigenvalue weighted by atomic mass is 9.89. The molecule has 1 saturated carbocycles. The molecule has 0 aromatic heterocycles. The Labute approximate surface area is 108 Å². The van der Waals surface area contributed by atoms with Crippen LogP contribution in [-0.2, 0) is 0 Å². The molecule has 2 heteroatoms. The van der Waals surface area contributed by atoms with Crippen LogP contribution in [0.3, 0.4) is 0 Å². The monoisotopic (exact) mass is 240 g/mol. The van der Waals surface area contributed by atoms with Crippen molar-refractivity contribution in [3.63, 3.8) is 0 Å². The molecule has 3 rings (SSSR count). The summed E-state index contributed by atoms with van der Waals surface area (Å²) < 4.78 is 0. The normalized spacial score (nSPS) is 18.8. The maximum absolute atomic E-state index is 6.47. The summed E-state index contributed by atoms with van der Waals surface area (Å²) in [5.74, 6) is 0. The van der Waals surface area contributed by atoms with Crippen molar-refractivity contribution in [2.75, 3.05) is 13.6 Å². The third-order valence-corrected chi connectivity index (χ3v) is 4.21. The average Bonchev–Trinajstić information content (AvgIpc) is 3.19. The van der Waals surface area contributed by atoms with Gasteiger partial charge in [0.15, 0.2) is 0 Å². The first-order valence-electron chi connectivity index (χ1n) is 6.64. The third kappa shape index (κ3) is 1.92. The fourth-order valence-corrected chi connectivity index (χ4v) is 2.87. The molecule has 0 heterocycles. The minimum atomic E-state index is 0.148. The van der Waals surface area contributed by atoms with Crippen molar-refractivity contribution in [3.8, 4) is 0 Å². The van der Waals surface area contributed by atoms with Crippen LogP contribution >= 0.6 is 0 Å². The summed E-state index contributed by atoms with van der Waals surface area (Å²) in [5.41, 5.74) is 8.03. The van der Waals surface area contributed by atoms with E-state index >= 15 is 0 Å². The van der Waals surface area contributed by atoms with Crippen LogP contribution in [0.25, 0.3) is 10.8 Å². The molecular formula is C16H20N2. The van der Waals surface area contributed by atoms with Gasteiger partial charge in [0.2, 0.25) is 0 Å². The predicted molar refractivity (Wildman–Crippen MR) is 76.5 cm³/mol. The van der Waals surface area contributed by atoms with E-state index < -0.39 is 0 Å². The number of nitrogens with one attached hydrogen (secondary N) is 1. The number of hydrogen-bond donors (Lipinski definition) is 2. The van der Waals surface area contributed by atoms with Gasteiger partial charge >= 0.3 is 0 Å². The summed E-state index contributed by atoms with van der Waals surface area (Å²) in [4.78, 5) is 0. The van der Waals surface area contributed by atoms with Crippen molar-refractivity contribution in [3.05, 3.63) is 48.0 Å². The van der Waals surface area contributed by atoms with Crippen LogP contribution in [-0.4, -0.2) is 13.6 Å². The van der Waals surface area contributed by atoms with Crippen molar-refractivity contribution in [2.45, 2.75) is 18.9 Å². The Morgan fingerprint density at radius 3 is 2.56 bits per heavy atom. The smallest absolute Gasteiger partial charge is 0.0364 e. The second-order valence-electron chi connectivity index (χ2n) is 5.48. The topological polar surface area (TPSA) is 38.0 Å². The van der Waals surface area contributed by atoms with E-state index in [1.54, 1.807) is 0 Å². The Bertz CT molecular complexity index is 558. The lowest BCUT2D eigenvalue weighted by molar-refractivity contribution is 0.392. The zero-order valence-electron chi connectivity index (χ0n) is 10.8. The van der Waals surface area contributed by atoms with Gasteiger partial charge in [0.1, 0.15) is 0 Å². The minimum Gasteiger partial charge on any atom is -0.323 e. The van der Waals surface area contributed by atoms with Gasteiger partial charge in [-0.25, -0.2) is 0 Å². The van der Waals surface area contributed by atoms with E-state index in [9.17, 15) is 0 Å². The highest BCUT2D eigenvalue weighted by molar-refractivity contribution is 5.83. The highest BCUT2D eigenvalue weighted by Gasteiger charge is 2.47. The number of nitrogens with two attached hydrogens (primary N) is 1. The van der Waals surface area contributed by atoms with Gasteiger partial charge in [-0.2, -0.15) is 0 Å². The van der Waals surface area contributed by atoms with Gasteiger partial charge in [-0.3, -0.25) is 0 Å². The van der Waals surface area contributed by atoms with Gasteiger partial charge in [0.25, 0.3) is 0 Å². The molecule has 3 N–H and O–H groups in total. The van der Waals surface area contributed by atoms with E-state index in [1.807, 2.05) is 7.05 Å². The van der Waals surface area contributed by atoms with Gasteiger partial charge in [-0.05, 0) is 42.3 Å². The van der Waals surface area contributed by atoms with E-state index in [4.69, 9.17) is 5.73 Å². The lowest BCUT2D eigenvalue weighted by Gasteiger charge is -2.23. The first-order chi connectivity index (χ1) is 8.75. The summed E-state index contributed by atoms with van der Waals surface area (Å²) in [6.45, 7) is 1.01. The Hall–Kier alpha value is -1.38. The van der Waals surface area contributed by atoms with Crippen molar-refractivity contribution >= 4 is 10.8 Å². The van der Waals surface area contributed by atoms with Gasteiger partial charge in [-0.15, -0.1) is 0 Å². The van der Waals surface area contributed by atoms with Crippen molar-refractivity contribution in [2.24, 2.45) is 11.1 Å². The van der Waals surface area contributed by atoms with Crippen LogP contribution < -0.4 is 11.1 Å². The minimum absolute atomic E-state index is 0.148. The molecule has 0 saturated heterocycles. The second kappa shape index (κ2) is 4.38. The molecule has 0 spiro atoms. The Balaban J connectivity index is 1.94. The van der Waals surface area contributed by atoms with Crippen molar-refractivity contribution in [1.82, 2.24) is 5.32 Å². The summed E-state index contributed by atoms with van der Waals surface area (Å²) in [5, 5.41) is 5.85. The van der Waals surface area contributed by atoms with Crippen LogP contribution in [0.2, 0.25) is 0 Å². The highest BCUT2D eigenvalue weighted by Crippen LogP contribution is 2.53. The molecule has 1 atom stereocenters. The number of hydrogen-bond acceptors (Lipinski definition) is 2. The molecule has 2 aromatic rings. The van der Waals surface area contributed by atoms with E-state index in [1.165, 1.54) is 29.2 Å². The summed E-state index contributed by atoms with van der Waals surface area (Å²) in [7, 11) is 2.01. The van der Waals surface area contributed by atoms with E-state index in [0.29, 0.717) is 0 Å². The largest absolute Gasteiger partial charge is 0.323 e. The molecule has 94 valence electrons. The van der Waals surface area contributed by atoms with Gasteiger partial charge in [0, 0.05) is 18.0 Å². The van der Waals surface area contributed by atoms with Crippen LogP contribution in [0.5, 0.6) is 0 Å². The second-order valence-corrected chi connectivity index (χ2v) is 5.48. The zero-order chi connectivity index (χ0) is 12.6. The maximum atomic E-state index is 6.47. The molecule has 1 fully saturated rings. The first kappa shape index (κ1) is 11.7. The summed E-state index contributed by atoms with van der Waals surface area (Å²) in [6, 6.07) is 15.2. The summed E-state index contributed by atoms with van der Waals surface area (Å²) >= 11 is 0. The predicted octanol–water partition coefficient (Wildman–Crippen LogP) is 2.84. The number of benzene rings is 2. The van der Waals surface area contributed by atoms with Gasteiger partial charge in [0.05, 0.1) is 0 Å². The molecule has 18 heavy (non-hydrogen) atoms. The molecule has 1 aliphatic rings. The SMILES string of the molecule is CNCC1(C(N)c2ccc3ccccc3c2)CC1. The Morgan fingerprint density at radius 2 is 1.89 bits per heavy atom. The van der Waals surface area contributed by atoms with Crippen molar-refractivity contribution in [1.29, 1.82) is 0 Å². The Kier molecular flexibility index (Phi) is 2.84. The maximum Gasteiger partial charge on any atom is 0.0364 e. The average molecular weight is 240 g/mol. The molecule has 1 unspecified atom stereocenters. The van der Waals surface area contributed by atoms with Gasteiger partial charge in [-0.1, -0.05) is 36.4 Å². The molecule has 2 aromatic carbocycles. The lowest BCUT2D eigenvalue weighted by Crippen LogP contribution is -2.31. The van der Waals surface area contributed by atoms with Gasteiger partial charge < -0.3 is 11.1 Å². The number of rotatable bonds is 4. The van der Waals surface area contributed by atoms with Crippen LogP contribution in [0, 0.1) is 5.41 Å². The fraction of sp³-hybridized carbons (Fsp3) is 0.375. The molecule has 2 nitrogen and oxygen atoms in total. The standard InChI is InChI=1S/C16H20N2/c1-18-11-16(8-9-16)15(17)14-7-6-12-4-2-3-5-13(12)10-14/h2-7,10,15,18H,8-9,11,17H2,1H3. The molecular weight excluding hydrogens is 220 g/mol. The van der Waals surface area contributed by atoms with E-state index in [-0.39, 0.29) is 11.5 Å². The van der Waals surface area contributed by atoms with Crippen LogP contribution in [0.4, 0.5) is 0 Å². The van der Waals surface area contributed by atoms with Crippen LogP contribution in [0.15, 0.2) is 42.5 Å². The quantitative estimate of drug-likeness (QED) is 0.862. The highest BCUT2D eigenvalue weighted by atomic mass is 14.9. The van der Waals surface area contributed by atoms with Crippen molar-refractivity contribution < 1.29 is 0 Å². The van der Waals surface area contributed by atoms with E-state index in [2.05, 4.69) is 47.8 Å². The first-order valence-corrected chi connectivity index (χ1v) is 6.64. The Morgan fingerprint density at radius 1 is 1.17 bits per heavy atom. The molecule has 0 bridgehead atoms. The fourth-order valence-electron chi connectivity index (χ4n) is 2.87. The molecule has 0 radical (unpaired) electrons.